The molecule has 0 N–H and O–H groups in total. The second kappa shape index (κ2) is 6.46. The first-order valence-corrected chi connectivity index (χ1v) is 5.14. The van der Waals surface area contributed by atoms with Crippen LogP contribution >= 0.6 is 0 Å². The van der Waals surface area contributed by atoms with Crippen LogP contribution in [0, 0.1) is 0 Å². The van der Waals surface area contributed by atoms with Gasteiger partial charge in [-0.25, -0.2) is 0 Å². The van der Waals surface area contributed by atoms with Gasteiger partial charge in [-0.2, -0.15) is 48.3 Å². The number of hydrogen-bond donors (Lipinski definition) is 0. The highest BCUT2D eigenvalue weighted by atomic mass is 19.3. The van der Waals surface area contributed by atoms with Gasteiger partial charge in [0.15, 0.2) is 0 Å². The molecular weight excluding hydrogens is 349 g/mol. The molecule has 0 aliphatic heterocycles. The Morgan fingerprint density at radius 2 is 1.23 bits per heavy atom. The van der Waals surface area contributed by atoms with E-state index >= 15 is 0 Å². The lowest BCUT2D eigenvalue weighted by molar-refractivity contribution is -0.396. The molecule has 0 radical (unpaired) electrons. The molecule has 0 aromatic heterocycles. The molecule has 22 heavy (non-hydrogen) atoms. The third-order valence-corrected chi connectivity index (χ3v) is 2.10. The Labute approximate surface area is 115 Å². The lowest BCUT2D eigenvalue weighted by Crippen LogP contribution is -2.50. The van der Waals surface area contributed by atoms with E-state index in [1.165, 1.54) is 0 Å². The van der Waals surface area contributed by atoms with E-state index in [2.05, 4.69) is 9.47 Å². The van der Waals surface area contributed by atoms with E-state index in [1.54, 1.807) is 0 Å². The largest absolute Gasteiger partial charge is 0.468 e. The van der Waals surface area contributed by atoms with Crippen molar-refractivity contribution in [1.82, 2.24) is 0 Å². The quantitative estimate of drug-likeness (QED) is 0.454. The molecule has 0 spiro atoms. The molecule has 0 fully saturated rings. The van der Waals surface area contributed by atoms with E-state index in [-0.39, 0.29) is 0 Å². The highest BCUT2D eigenvalue weighted by molar-refractivity contribution is 4.87. The Hall–Kier alpha value is -1.27. The molecule has 0 bridgehead atoms. The van der Waals surface area contributed by atoms with Crippen molar-refractivity contribution in [3.05, 3.63) is 12.1 Å². The number of ether oxygens (including phenoxy) is 2. The fourth-order valence-electron chi connectivity index (χ4n) is 0.802. The van der Waals surface area contributed by atoms with Crippen molar-refractivity contribution < 1.29 is 57.8 Å². The van der Waals surface area contributed by atoms with Gasteiger partial charge >= 0.3 is 36.2 Å². The average molecular weight is 356 g/mol. The number of alkyl halides is 8. The lowest BCUT2D eigenvalue weighted by Gasteiger charge is -2.29. The van der Waals surface area contributed by atoms with Crippen molar-refractivity contribution in [2.45, 2.75) is 37.4 Å². The third kappa shape index (κ3) is 4.61. The summed E-state index contributed by atoms with van der Waals surface area (Å²) in [6, 6.07) is -3.39. The SMILES string of the molecule is CCC(F)(F)C(F)(F)OCC(F)(F)C(F)(F)OC(F)=C(F)F. The molecule has 0 amide bonds. The molecule has 132 valence electrons. The van der Waals surface area contributed by atoms with E-state index in [9.17, 15) is 48.3 Å². The molecule has 0 unspecified atom stereocenters. The summed E-state index contributed by atoms with van der Waals surface area (Å²) in [6.45, 7) is -2.53. The Morgan fingerprint density at radius 3 is 1.59 bits per heavy atom. The van der Waals surface area contributed by atoms with Gasteiger partial charge in [0.05, 0.1) is 0 Å². The number of halogens is 11. The van der Waals surface area contributed by atoms with Gasteiger partial charge in [0, 0.05) is 6.42 Å². The molecule has 0 aromatic rings. The van der Waals surface area contributed by atoms with Crippen molar-refractivity contribution >= 4 is 0 Å². The van der Waals surface area contributed by atoms with Gasteiger partial charge in [-0.3, -0.25) is 0 Å². The van der Waals surface area contributed by atoms with Crippen molar-refractivity contribution in [2.75, 3.05) is 6.61 Å². The second-order valence-electron chi connectivity index (χ2n) is 3.72. The summed E-state index contributed by atoms with van der Waals surface area (Å²) in [7, 11) is 0. The Morgan fingerprint density at radius 1 is 0.773 bits per heavy atom. The molecule has 0 atom stereocenters. The summed E-state index contributed by atoms with van der Waals surface area (Å²) >= 11 is 0. The first-order chi connectivity index (χ1) is 9.59. The van der Waals surface area contributed by atoms with E-state index in [0.29, 0.717) is 6.92 Å². The Bertz CT molecular complexity index is 414. The molecule has 0 saturated heterocycles. The standard InChI is InChI=1S/C9H7F11O2/c1-2-6(13,14)8(17,18)21-3-7(15,16)9(19,20)22-5(12)4(10)11/h2-3H2,1H3. The van der Waals surface area contributed by atoms with Crippen LogP contribution in [0.4, 0.5) is 48.3 Å². The minimum atomic E-state index is -6.06. The molecule has 0 aliphatic rings. The average Bonchev–Trinajstić information content (AvgIpc) is 2.35. The van der Waals surface area contributed by atoms with Crippen LogP contribution in [0.15, 0.2) is 12.1 Å². The van der Waals surface area contributed by atoms with Crippen LogP contribution < -0.4 is 0 Å². The molecular formula is C9H7F11O2. The molecule has 0 heterocycles. The van der Waals surface area contributed by atoms with Crippen molar-refractivity contribution in [1.29, 1.82) is 0 Å². The maximum absolute atomic E-state index is 12.8. The molecule has 0 aliphatic carbocycles. The normalized spacial score (nSPS) is 14.0. The van der Waals surface area contributed by atoms with Gasteiger partial charge in [-0.15, -0.1) is 0 Å². The monoisotopic (exact) mass is 356 g/mol. The van der Waals surface area contributed by atoms with E-state index in [4.69, 9.17) is 0 Å². The first-order valence-electron chi connectivity index (χ1n) is 5.14. The lowest BCUT2D eigenvalue weighted by atomic mass is 10.2. The highest BCUT2D eigenvalue weighted by Crippen LogP contribution is 2.42. The van der Waals surface area contributed by atoms with Gasteiger partial charge in [-0.1, -0.05) is 6.92 Å². The van der Waals surface area contributed by atoms with Gasteiger partial charge in [0.2, 0.25) is 0 Å². The van der Waals surface area contributed by atoms with Crippen molar-refractivity contribution in [3.8, 4) is 0 Å². The molecule has 13 heteroatoms. The first kappa shape index (κ1) is 20.7. The maximum atomic E-state index is 12.8. The second-order valence-corrected chi connectivity index (χ2v) is 3.72. The summed E-state index contributed by atoms with van der Waals surface area (Å²) in [6.07, 6.45) is -16.7. The third-order valence-electron chi connectivity index (χ3n) is 2.10. The van der Waals surface area contributed by atoms with Crippen LogP contribution in [0.2, 0.25) is 0 Å². The summed E-state index contributed by atoms with van der Waals surface area (Å²) < 4.78 is 142. The minimum Gasteiger partial charge on any atom is -0.398 e. The van der Waals surface area contributed by atoms with E-state index in [0.717, 1.165) is 0 Å². The Kier molecular flexibility index (Phi) is 6.09. The van der Waals surface area contributed by atoms with Crippen molar-refractivity contribution in [2.24, 2.45) is 0 Å². The molecule has 2 nitrogen and oxygen atoms in total. The van der Waals surface area contributed by atoms with Crippen LogP contribution in [0.5, 0.6) is 0 Å². The fourth-order valence-corrected chi connectivity index (χ4v) is 0.802. The smallest absolute Gasteiger partial charge is 0.398 e. The molecule has 0 saturated carbocycles. The Balaban J connectivity index is 5.08. The van der Waals surface area contributed by atoms with Gasteiger partial charge in [-0.05, 0) is 0 Å². The van der Waals surface area contributed by atoms with Crippen LogP contribution in [-0.2, 0) is 9.47 Å². The van der Waals surface area contributed by atoms with Crippen molar-refractivity contribution in [3.63, 3.8) is 0 Å². The van der Waals surface area contributed by atoms with E-state index in [1.807, 2.05) is 0 Å². The van der Waals surface area contributed by atoms with Crippen LogP contribution in [0.3, 0.4) is 0 Å². The highest BCUT2D eigenvalue weighted by Gasteiger charge is 2.64. The zero-order chi connectivity index (χ0) is 18.0. The summed E-state index contributed by atoms with van der Waals surface area (Å²) in [5.41, 5.74) is 0. The van der Waals surface area contributed by atoms with Crippen LogP contribution in [-0.4, -0.2) is 30.7 Å². The van der Waals surface area contributed by atoms with Gasteiger partial charge in [0.1, 0.15) is 6.61 Å². The molecule has 0 rings (SSSR count). The predicted octanol–water partition coefficient (Wildman–Crippen LogP) is 4.92. The van der Waals surface area contributed by atoms with Gasteiger partial charge in [0.25, 0.3) is 0 Å². The van der Waals surface area contributed by atoms with Gasteiger partial charge < -0.3 is 9.47 Å². The summed E-state index contributed by atoms with van der Waals surface area (Å²) in [5, 5.41) is 0. The van der Waals surface area contributed by atoms with Crippen LogP contribution in [0.25, 0.3) is 0 Å². The number of hydrogen-bond acceptors (Lipinski definition) is 2. The minimum absolute atomic E-state index is 0.525. The topological polar surface area (TPSA) is 18.5 Å². The summed E-state index contributed by atoms with van der Waals surface area (Å²) in [4.78, 5) is 0. The summed E-state index contributed by atoms with van der Waals surface area (Å²) in [5.74, 6) is -10.8. The zero-order valence-electron chi connectivity index (χ0n) is 10.4. The van der Waals surface area contributed by atoms with Crippen LogP contribution in [0.1, 0.15) is 13.3 Å². The predicted molar refractivity (Wildman–Crippen MR) is 47.5 cm³/mol. The fraction of sp³-hybridized carbons (Fsp3) is 0.778. The molecule has 0 aromatic carbocycles. The van der Waals surface area contributed by atoms with E-state index < -0.39 is 49.2 Å². The zero-order valence-corrected chi connectivity index (χ0v) is 10.4. The number of rotatable bonds is 8. The maximum Gasteiger partial charge on any atom is 0.468 e.